The molecule has 0 fully saturated rings. The lowest BCUT2D eigenvalue weighted by Crippen LogP contribution is -1.85. The Hall–Kier alpha value is -2.57. The second kappa shape index (κ2) is 6.38. The number of H-pyrrole nitrogens is 1. The lowest BCUT2D eigenvalue weighted by molar-refractivity contribution is 1.09. The van der Waals surface area contributed by atoms with Crippen LogP contribution in [0.15, 0.2) is 41.4 Å². The fourth-order valence-corrected chi connectivity index (χ4v) is 3.36. The first-order valence-electron chi connectivity index (χ1n) is 7.69. The van der Waals surface area contributed by atoms with E-state index in [2.05, 4.69) is 51.4 Å². The van der Waals surface area contributed by atoms with Crippen molar-refractivity contribution >= 4 is 45.2 Å². The first kappa shape index (κ1) is 15.9. The molecule has 0 aliphatic rings. The standard InChI is InChI=1S/C18H14ClN5S/c1-10-3-4-12(7-11(10)2)9-20-18-24-23-17(25-18)13-5-6-14-15(8-13)21-22-16(14)19/h3-9H,1-2H3,(H,21,22)/b20-9+. The number of nitrogens with zero attached hydrogens (tertiary/aromatic N) is 4. The molecule has 2 heterocycles. The maximum Gasteiger partial charge on any atom is 0.231 e. The van der Waals surface area contributed by atoms with E-state index in [1.54, 1.807) is 0 Å². The van der Waals surface area contributed by atoms with Gasteiger partial charge >= 0.3 is 0 Å². The van der Waals surface area contributed by atoms with E-state index in [0.29, 0.717) is 10.3 Å². The van der Waals surface area contributed by atoms with Crippen LogP contribution in [0.2, 0.25) is 5.15 Å². The summed E-state index contributed by atoms with van der Waals surface area (Å²) >= 11 is 7.47. The van der Waals surface area contributed by atoms with Crippen molar-refractivity contribution in [1.29, 1.82) is 0 Å². The highest BCUT2D eigenvalue weighted by molar-refractivity contribution is 7.18. The van der Waals surface area contributed by atoms with Crippen LogP contribution in [0.4, 0.5) is 5.13 Å². The first-order valence-corrected chi connectivity index (χ1v) is 8.88. The smallest absolute Gasteiger partial charge is 0.231 e. The van der Waals surface area contributed by atoms with Gasteiger partial charge in [0.15, 0.2) is 0 Å². The highest BCUT2D eigenvalue weighted by Gasteiger charge is 2.09. The Balaban J connectivity index is 1.60. The van der Waals surface area contributed by atoms with Gasteiger partial charge in [0.2, 0.25) is 5.13 Å². The van der Waals surface area contributed by atoms with Crippen LogP contribution in [-0.2, 0) is 0 Å². The average molecular weight is 368 g/mol. The summed E-state index contributed by atoms with van der Waals surface area (Å²) < 4.78 is 0. The number of hydrogen-bond acceptors (Lipinski definition) is 5. The molecule has 2 aromatic heterocycles. The zero-order valence-corrected chi connectivity index (χ0v) is 15.2. The molecule has 25 heavy (non-hydrogen) atoms. The third-order valence-electron chi connectivity index (χ3n) is 4.03. The number of hydrogen-bond donors (Lipinski definition) is 1. The summed E-state index contributed by atoms with van der Waals surface area (Å²) in [6.45, 7) is 4.18. The van der Waals surface area contributed by atoms with Crippen molar-refractivity contribution in [3.8, 4) is 10.6 Å². The number of benzene rings is 2. The number of fused-ring (bicyclic) bond motifs is 1. The second-order valence-electron chi connectivity index (χ2n) is 5.76. The minimum atomic E-state index is 0.539. The summed E-state index contributed by atoms with van der Waals surface area (Å²) in [5.41, 5.74) is 5.31. The van der Waals surface area contributed by atoms with Gasteiger partial charge in [0.1, 0.15) is 10.2 Å². The highest BCUT2D eigenvalue weighted by atomic mass is 35.5. The highest BCUT2D eigenvalue weighted by Crippen LogP contribution is 2.31. The van der Waals surface area contributed by atoms with Crippen LogP contribution >= 0.6 is 22.9 Å². The maximum absolute atomic E-state index is 6.03. The minimum absolute atomic E-state index is 0.539. The summed E-state index contributed by atoms with van der Waals surface area (Å²) in [6.07, 6.45) is 1.81. The van der Waals surface area contributed by atoms with Gasteiger partial charge in [-0.25, -0.2) is 4.99 Å². The Morgan fingerprint density at radius 2 is 1.96 bits per heavy atom. The van der Waals surface area contributed by atoms with Crippen molar-refractivity contribution in [3.05, 3.63) is 58.2 Å². The van der Waals surface area contributed by atoms with Crippen molar-refractivity contribution < 1.29 is 0 Å². The molecule has 0 bridgehead atoms. The molecule has 4 rings (SSSR count). The summed E-state index contributed by atoms with van der Waals surface area (Å²) in [4.78, 5) is 4.44. The second-order valence-corrected chi connectivity index (χ2v) is 7.10. The Morgan fingerprint density at radius 1 is 1.08 bits per heavy atom. The molecule has 0 aliphatic heterocycles. The van der Waals surface area contributed by atoms with Crippen LogP contribution in [0, 0.1) is 13.8 Å². The number of aryl methyl sites for hydroxylation is 2. The van der Waals surface area contributed by atoms with Crippen LogP contribution in [-0.4, -0.2) is 26.6 Å². The van der Waals surface area contributed by atoms with Gasteiger partial charge in [-0.1, -0.05) is 47.2 Å². The summed E-state index contributed by atoms with van der Waals surface area (Å²) in [5.74, 6) is 0. The van der Waals surface area contributed by atoms with Gasteiger partial charge in [0, 0.05) is 17.2 Å². The van der Waals surface area contributed by atoms with Gasteiger partial charge in [0.25, 0.3) is 0 Å². The Labute approximate surface area is 153 Å². The Kier molecular flexibility index (Phi) is 4.07. The topological polar surface area (TPSA) is 66.8 Å². The molecule has 7 heteroatoms. The lowest BCUT2D eigenvalue weighted by Gasteiger charge is -1.99. The molecular weight excluding hydrogens is 354 g/mol. The molecular formula is C18H14ClN5S. The van der Waals surface area contributed by atoms with E-state index in [4.69, 9.17) is 11.6 Å². The monoisotopic (exact) mass is 367 g/mol. The van der Waals surface area contributed by atoms with Gasteiger partial charge in [-0.15, -0.1) is 10.2 Å². The molecule has 0 saturated heterocycles. The van der Waals surface area contributed by atoms with Crippen molar-refractivity contribution in [3.63, 3.8) is 0 Å². The van der Waals surface area contributed by atoms with Crippen LogP contribution in [0.1, 0.15) is 16.7 Å². The van der Waals surface area contributed by atoms with E-state index in [0.717, 1.165) is 27.0 Å². The van der Waals surface area contributed by atoms with Crippen LogP contribution in [0.3, 0.4) is 0 Å². The molecule has 0 saturated carbocycles. The van der Waals surface area contributed by atoms with E-state index in [1.165, 1.54) is 22.5 Å². The Morgan fingerprint density at radius 3 is 2.80 bits per heavy atom. The van der Waals surface area contributed by atoms with Crippen molar-refractivity contribution in [2.24, 2.45) is 4.99 Å². The molecule has 0 amide bonds. The summed E-state index contributed by atoms with van der Waals surface area (Å²) in [5, 5.41) is 18.2. The number of nitrogens with one attached hydrogen (secondary N) is 1. The third kappa shape index (κ3) is 3.18. The van der Waals surface area contributed by atoms with Gasteiger partial charge in [-0.05, 0) is 42.7 Å². The normalized spacial score (nSPS) is 11.6. The number of aliphatic imine (C=N–C) groups is 1. The number of rotatable bonds is 3. The van der Waals surface area contributed by atoms with E-state index in [1.807, 2.05) is 30.5 Å². The molecule has 124 valence electrons. The zero-order valence-electron chi connectivity index (χ0n) is 13.6. The van der Waals surface area contributed by atoms with Crippen LogP contribution < -0.4 is 0 Å². The molecule has 0 aliphatic carbocycles. The van der Waals surface area contributed by atoms with E-state index in [9.17, 15) is 0 Å². The molecule has 5 nitrogen and oxygen atoms in total. The fraction of sp³-hybridized carbons (Fsp3) is 0.111. The first-order chi connectivity index (χ1) is 12.1. The van der Waals surface area contributed by atoms with Gasteiger partial charge < -0.3 is 0 Å². The Bertz CT molecular complexity index is 1100. The molecule has 0 atom stereocenters. The lowest BCUT2D eigenvalue weighted by atomic mass is 10.1. The molecule has 2 aromatic carbocycles. The van der Waals surface area contributed by atoms with E-state index in [-0.39, 0.29) is 0 Å². The zero-order chi connectivity index (χ0) is 17.4. The molecule has 0 unspecified atom stereocenters. The molecule has 0 radical (unpaired) electrons. The van der Waals surface area contributed by atoms with Gasteiger partial charge in [0.05, 0.1) is 5.52 Å². The minimum Gasteiger partial charge on any atom is -0.266 e. The quantitative estimate of drug-likeness (QED) is 0.512. The molecule has 0 spiro atoms. The van der Waals surface area contributed by atoms with Crippen LogP contribution in [0.5, 0.6) is 0 Å². The maximum atomic E-state index is 6.03. The van der Waals surface area contributed by atoms with Gasteiger partial charge in [-0.2, -0.15) is 5.10 Å². The fourth-order valence-electron chi connectivity index (χ4n) is 2.47. The summed E-state index contributed by atoms with van der Waals surface area (Å²) in [7, 11) is 0. The number of halogens is 1. The molecule has 4 aromatic rings. The SMILES string of the molecule is Cc1ccc(/C=N/c2nnc(-c3ccc4c(Cl)[nH]nc4c3)s2)cc1C. The predicted molar refractivity (Wildman–Crippen MR) is 103 cm³/mol. The molecule has 1 N–H and O–H groups in total. The van der Waals surface area contributed by atoms with Crippen molar-refractivity contribution in [1.82, 2.24) is 20.4 Å². The van der Waals surface area contributed by atoms with Crippen molar-refractivity contribution in [2.45, 2.75) is 13.8 Å². The average Bonchev–Trinajstić information content (AvgIpc) is 3.23. The number of aromatic amines is 1. The number of aromatic nitrogens is 4. The third-order valence-corrected chi connectivity index (χ3v) is 5.19. The largest absolute Gasteiger partial charge is 0.266 e. The van der Waals surface area contributed by atoms with Crippen molar-refractivity contribution in [2.75, 3.05) is 0 Å². The summed E-state index contributed by atoms with van der Waals surface area (Å²) in [6, 6.07) is 12.1. The van der Waals surface area contributed by atoms with Gasteiger partial charge in [-0.3, -0.25) is 5.10 Å². The van der Waals surface area contributed by atoms with Crippen LogP contribution in [0.25, 0.3) is 21.5 Å². The van der Waals surface area contributed by atoms with E-state index >= 15 is 0 Å². The predicted octanol–water partition coefficient (Wildman–Crippen LogP) is 5.10. The van der Waals surface area contributed by atoms with E-state index < -0.39 is 0 Å².